The van der Waals surface area contributed by atoms with Crippen molar-refractivity contribution in [3.63, 3.8) is 0 Å². The van der Waals surface area contributed by atoms with Gasteiger partial charge >= 0.3 is 0 Å². The van der Waals surface area contributed by atoms with Crippen molar-refractivity contribution < 1.29 is 14.7 Å². The lowest BCUT2D eigenvalue weighted by atomic mass is 10.1. The van der Waals surface area contributed by atoms with Crippen LogP contribution in [0, 0.1) is 0 Å². The normalized spacial score (nSPS) is 11.0. The number of halogens is 3. The van der Waals surface area contributed by atoms with Crippen molar-refractivity contribution in [2.45, 2.75) is 0 Å². The lowest BCUT2D eigenvalue weighted by Crippen LogP contribution is -2.22. The number of hydrogen-bond acceptors (Lipinski definition) is 5. The molecule has 0 bridgehead atoms. The number of nitrogens with zero attached hydrogens (tertiary/aromatic N) is 2. The Morgan fingerprint density at radius 1 is 1.10 bits per heavy atom. The van der Waals surface area contributed by atoms with Gasteiger partial charge in [-0.2, -0.15) is 0 Å². The van der Waals surface area contributed by atoms with E-state index >= 15 is 0 Å². The van der Waals surface area contributed by atoms with Crippen LogP contribution in [0.2, 0.25) is 15.2 Å². The third-order valence-electron chi connectivity index (χ3n) is 4.11. The number of carbonyl (C=O) groups is 2. The molecule has 0 unspecified atom stereocenters. The quantitative estimate of drug-likeness (QED) is 0.312. The lowest BCUT2D eigenvalue weighted by Gasteiger charge is -2.10. The predicted molar refractivity (Wildman–Crippen MR) is 114 cm³/mol. The minimum Gasteiger partial charge on any atom is -0.493 e. The van der Waals surface area contributed by atoms with Crippen molar-refractivity contribution in [3.05, 3.63) is 79.0 Å². The Balaban J connectivity index is 1.84. The van der Waals surface area contributed by atoms with Crippen molar-refractivity contribution in [2.75, 3.05) is 5.43 Å². The summed E-state index contributed by atoms with van der Waals surface area (Å²) in [6.45, 7) is 0. The smallest absolute Gasteiger partial charge is 0.271 e. The highest BCUT2D eigenvalue weighted by Crippen LogP contribution is 2.33. The molecule has 0 aliphatic rings. The number of fused-ring (bicyclic) bond motifs is 1. The van der Waals surface area contributed by atoms with Crippen LogP contribution in [0.25, 0.3) is 11.0 Å². The maximum atomic E-state index is 12.9. The SMILES string of the molecule is O=C(Nn1c(O)c(C(=O)c2cccs2)c2nc(Cl)ccc21)c1ccc(Cl)cc1Cl. The molecule has 4 rings (SSSR count). The van der Waals surface area contributed by atoms with E-state index in [4.69, 9.17) is 34.8 Å². The molecule has 0 fully saturated rings. The molecule has 29 heavy (non-hydrogen) atoms. The number of carbonyl (C=O) groups excluding carboxylic acids is 2. The fourth-order valence-electron chi connectivity index (χ4n) is 2.81. The molecule has 1 aromatic carbocycles. The highest BCUT2D eigenvalue weighted by atomic mass is 35.5. The number of amides is 1. The van der Waals surface area contributed by atoms with Gasteiger partial charge in [0.15, 0.2) is 0 Å². The molecule has 3 aromatic heterocycles. The minimum absolute atomic E-state index is 0.0625. The van der Waals surface area contributed by atoms with E-state index < -0.39 is 17.6 Å². The third-order valence-corrected chi connectivity index (χ3v) is 5.74. The molecule has 0 atom stereocenters. The van der Waals surface area contributed by atoms with Crippen LogP contribution in [0.3, 0.4) is 0 Å². The van der Waals surface area contributed by atoms with Crippen LogP contribution in [0.15, 0.2) is 47.8 Å². The lowest BCUT2D eigenvalue weighted by molar-refractivity contribution is 0.100. The second-order valence-corrected chi connectivity index (χ2v) is 8.09. The van der Waals surface area contributed by atoms with Gasteiger partial charge in [-0.05, 0) is 41.8 Å². The maximum Gasteiger partial charge on any atom is 0.271 e. The number of aromatic hydroxyl groups is 1. The van der Waals surface area contributed by atoms with E-state index in [0.717, 1.165) is 4.68 Å². The molecule has 4 aromatic rings. The zero-order chi connectivity index (χ0) is 20.7. The van der Waals surface area contributed by atoms with Crippen LogP contribution in [-0.4, -0.2) is 26.5 Å². The average molecular weight is 467 g/mol. The van der Waals surface area contributed by atoms with E-state index in [1.165, 1.54) is 35.6 Å². The zero-order valence-electron chi connectivity index (χ0n) is 14.3. The Morgan fingerprint density at radius 3 is 2.59 bits per heavy atom. The van der Waals surface area contributed by atoms with Crippen molar-refractivity contribution in [1.82, 2.24) is 9.66 Å². The van der Waals surface area contributed by atoms with Crippen LogP contribution >= 0.6 is 46.1 Å². The van der Waals surface area contributed by atoms with Crippen molar-refractivity contribution >= 4 is 68.9 Å². The van der Waals surface area contributed by atoms with Gasteiger partial charge in [0.2, 0.25) is 11.7 Å². The molecule has 10 heteroatoms. The van der Waals surface area contributed by atoms with Crippen LogP contribution in [0.4, 0.5) is 0 Å². The molecular weight excluding hydrogens is 457 g/mol. The summed E-state index contributed by atoms with van der Waals surface area (Å²) in [5.41, 5.74) is 3.08. The van der Waals surface area contributed by atoms with Gasteiger partial charge in [-0.25, -0.2) is 9.66 Å². The maximum absolute atomic E-state index is 12.9. The standard InChI is InChI=1S/C19H10Cl3N3O3S/c20-9-3-4-10(11(21)8-9)18(27)24-25-12-5-6-14(22)23-16(12)15(19(25)28)17(26)13-2-1-7-29-13/h1-8,28H,(H,24,27). The van der Waals surface area contributed by atoms with E-state index in [1.54, 1.807) is 23.6 Å². The van der Waals surface area contributed by atoms with E-state index in [-0.39, 0.29) is 26.8 Å². The Bertz CT molecular complexity index is 1270. The first-order chi connectivity index (χ1) is 13.9. The van der Waals surface area contributed by atoms with Crippen LogP contribution in [-0.2, 0) is 0 Å². The second kappa shape index (κ2) is 7.68. The van der Waals surface area contributed by atoms with Gasteiger partial charge in [0.25, 0.3) is 5.91 Å². The molecule has 0 radical (unpaired) electrons. The van der Waals surface area contributed by atoms with E-state index in [9.17, 15) is 14.7 Å². The Labute approximate surface area is 183 Å². The predicted octanol–water partition coefficient (Wildman–Crippen LogP) is 5.38. The summed E-state index contributed by atoms with van der Waals surface area (Å²) >= 11 is 19.2. The van der Waals surface area contributed by atoms with Crippen LogP contribution < -0.4 is 5.43 Å². The summed E-state index contributed by atoms with van der Waals surface area (Å²) in [4.78, 5) is 30.2. The first kappa shape index (κ1) is 19.7. The average Bonchev–Trinajstić information content (AvgIpc) is 3.29. The van der Waals surface area contributed by atoms with Gasteiger partial charge in [-0.15, -0.1) is 11.3 Å². The summed E-state index contributed by atoms with van der Waals surface area (Å²) in [7, 11) is 0. The number of thiophene rings is 1. The van der Waals surface area contributed by atoms with Gasteiger partial charge in [-0.1, -0.05) is 40.9 Å². The van der Waals surface area contributed by atoms with Gasteiger partial charge < -0.3 is 5.11 Å². The fourth-order valence-corrected chi connectivity index (χ4v) is 4.12. The Morgan fingerprint density at radius 2 is 1.90 bits per heavy atom. The number of nitrogens with one attached hydrogen (secondary N) is 1. The number of rotatable bonds is 4. The Hall–Kier alpha value is -2.58. The fraction of sp³-hybridized carbons (Fsp3) is 0. The van der Waals surface area contributed by atoms with Gasteiger partial charge in [0.05, 0.1) is 21.0 Å². The van der Waals surface area contributed by atoms with Crippen LogP contribution in [0.5, 0.6) is 5.88 Å². The molecule has 0 saturated carbocycles. The number of hydrogen-bond donors (Lipinski definition) is 2. The molecule has 2 N–H and O–H groups in total. The highest BCUT2D eigenvalue weighted by Gasteiger charge is 2.27. The number of aromatic nitrogens is 2. The molecule has 0 saturated heterocycles. The largest absolute Gasteiger partial charge is 0.493 e. The van der Waals surface area contributed by atoms with E-state index in [2.05, 4.69) is 10.4 Å². The van der Waals surface area contributed by atoms with Crippen molar-refractivity contribution in [2.24, 2.45) is 0 Å². The molecule has 0 aliphatic heterocycles. The first-order valence-electron chi connectivity index (χ1n) is 8.11. The molecular formula is C19H10Cl3N3O3S. The summed E-state index contributed by atoms with van der Waals surface area (Å²) in [6, 6.07) is 10.8. The summed E-state index contributed by atoms with van der Waals surface area (Å²) in [5.74, 6) is -1.51. The number of benzene rings is 1. The monoisotopic (exact) mass is 465 g/mol. The second-order valence-electron chi connectivity index (χ2n) is 5.91. The van der Waals surface area contributed by atoms with Crippen molar-refractivity contribution in [1.29, 1.82) is 0 Å². The molecule has 1 amide bonds. The molecule has 0 aliphatic carbocycles. The highest BCUT2D eigenvalue weighted by molar-refractivity contribution is 7.12. The van der Waals surface area contributed by atoms with Gasteiger partial charge in [0, 0.05) is 5.02 Å². The first-order valence-corrected chi connectivity index (χ1v) is 10.1. The molecule has 146 valence electrons. The van der Waals surface area contributed by atoms with E-state index in [0.29, 0.717) is 15.4 Å². The number of pyridine rings is 1. The molecule has 3 heterocycles. The minimum atomic E-state index is -0.607. The van der Waals surface area contributed by atoms with Gasteiger partial charge in [-0.3, -0.25) is 15.0 Å². The zero-order valence-corrected chi connectivity index (χ0v) is 17.4. The van der Waals surface area contributed by atoms with E-state index in [1.807, 2.05) is 0 Å². The third kappa shape index (κ3) is 3.58. The topological polar surface area (TPSA) is 84.2 Å². The van der Waals surface area contributed by atoms with Crippen LogP contribution in [0.1, 0.15) is 25.6 Å². The summed E-state index contributed by atoms with van der Waals surface area (Å²) in [6.07, 6.45) is 0. The summed E-state index contributed by atoms with van der Waals surface area (Å²) < 4.78 is 1.08. The Kier molecular flexibility index (Phi) is 5.23. The number of ketones is 1. The van der Waals surface area contributed by atoms with Gasteiger partial charge in [0.1, 0.15) is 16.2 Å². The van der Waals surface area contributed by atoms with Crippen molar-refractivity contribution in [3.8, 4) is 5.88 Å². The molecule has 0 spiro atoms. The molecule has 6 nitrogen and oxygen atoms in total. The summed E-state index contributed by atoms with van der Waals surface area (Å²) in [5, 5.41) is 13.2.